The van der Waals surface area contributed by atoms with E-state index < -0.39 is 5.97 Å². The van der Waals surface area contributed by atoms with Crippen molar-refractivity contribution >= 4 is 17.5 Å². The molecule has 2 heterocycles. The van der Waals surface area contributed by atoms with Gasteiger partial charge in [-0.1, -0.05) is 0 Å². The number of nitrogens with zero attached hydrogens (tertiary/aromatic N) is 2. The number of aromatic carboxylic acids is 1. The lowest BCUT2D eigenvalue weighted by atomic mass is 10.1. The van der Waals surface area contributed by atoms with Crippen LogP contribution in [0.1, 0.15) is 28.8 Å². The first-order valence-electron chi connectivity index (χ1n) is 6.21. The lowest BCUT2D eigenvalue weighted by Gasteiger charge is -2.19. The van der Waals surface area contributed by atoms with Crippen molar-refractivity contribution in [3.8, 4) is 0 Å². The standard InChI is InChI=1S/C12H15N5O2/c18-12(19)9-5-8(11-13-15-16-14-11)6-10(7-9)17-3-1-2-4-17/h5-7,15-16H,1-4H2,(H,13,14)(H,18,19). The third-order valence-electron chi connectivity index (χ3n) is 3.31. The van der Waals surface area contributed by atoms with Gasteiger partial charge in [0.1, 0.15) is 0 Å². The summed E-state index contributed by atoms with van der Waals surface area (Å²) < 4.78 is 0. The fourth-order valence-corrected chi connectivity index (χ4v) is 2.36. The summed E-state index contributed by atoms with van der Waals surface area (Å²) in [4.78, 5) is 13.4. The molecule has 0 bridgehead atoms. The summed E-state index contributed by atoms with van der Waals surface area (Å²) in [5.41, 5.74) is 10.0. The molecule has 19 heavy (non-hydrogen) atoms. The molecule has 2 aliphatic heterocycles. The lowest BCUT2D eigenvalue weighted by Crippen LogP contribution is -2.35. The van der Waals surface area contributed by atoms with Crippen LogP contribution in [0, 0.1) is 0 Å². The van der Waals surface area contributed by atoms with Crippen molar-refractivity contribution < 1.29 is 9.90 Å². The third kappa shape index (κ3) is 2.32. The first-order chi connectivity index (χ1) is 9.24. The van der Waals surface area contributed by atoms with Crippen LogP contribution in [-0.4, -0.2) is 30.0 Å². The molecule has 1 aromatic rings. The topological polar surface area (TPSA) is 89.0 Å². The Hall–Kier alpha value is -2.28. The molecule has 0 aliphatic carbocycles. The number of hydrogen-bond acceptors (Lipinski definition) is 6. The largest absolute Gasteiger partial charge is 0.478 e. The second-order valence-corrected chi connectivity index (χ2v) is 4.59. The van der Waals surface area contributed by atoms with E-state index in [4.69, 9.17) is 0 Å². The normalized spacial score (nSPS) is 17.9. The number of hydrogen-bond donors (Lipinski definition) is 4. The Morgan fingerprint density at radius 3 is 2.68 bits per heavy atom. The zero-order valence-electron chi connectivity index (χ0n) is 10.3. The maximum Gasteiger partial charge on any atom is 0.335 e. The van der Waals surface area contributed by atoms with Gasteiger partial charge >= 0.3 is 5.97 Å². The fraction of sp³-hybridized carbons (Fsp3) is 0.333. The number of carboxylic acid groups (broad SMARTS) is 1. The highest BCUT2D eigenvalue weighted by Gasteiger charge is 2.18. The van der Waals surface area contributed by atoms with Crippen LogP contribution in [-0.2, 0) is 0 Å². The number of rotatable bonds is 3. The maximum atomic E-state index is 11.2. The number of anilines is 1. The highest BCUT2D eigenvalue weighted by Crippen LogP contribution is 2.23. The summed E-state index contributed by atoms with van der Waals surface area (Å²) in [5, 5.41) is 13.2. The fourth-order valence-electron chi connectivity index (χ4n) is 2.36. The molecule has 7 heteroatoms. The predicted molar refractivity (Wildman–Crippen MR) is 70.8 cm³/mol. The van der Waals surface area contributed by atoms with Gasteiger partial charge in [0.25, 0.3) is 0 Å². The van der Waals surface area contributed by atoms with Crippen molar-refractivity contribution in [2.75, 3.05) is 18.0 Å². The third-order valence-corrected chi connectivity index (χ3v) is 3.31. The molecule has 0 radical (unpaired) electrons. The molecule has 3 rings (SSSR count). The van der Waals surface area contributed by atoms with Crippen LogP contribution in [0.3, 0.4) is 0 Å². The van der Waals surface area contributed by atoms with E-state index >= 15 is 0 Å². The van der Waals surface area contributed by atoms with Gasteiger partial charge in [-0.3, -0.25) is 5.43 Å². The predicted octanol–water partition coefficient (Wildman–Crippen LogP) is 0.259. The molecule has 0 amide bonds. The molecule has 1 saturated heterocycles. The number of hydrazine groups is 2. The van der Waals surface area contributed by atoms with E-state index in [9.17, 15) is 9.90 Å². The number of carbonyl (C=O) groups is 1. The monoisotopic (exact) mass is 261 g/mol. The number of nitrogens with one attached hydrogen (secondary N) is 3. The first-order valence-corrected chi connectivity index (χ1v) is 6.21. The van der Waals surface area contributed by atoms with Crippen LogP contribution in [0.15, 0.2) is 23.3 Å². The van der Waals surface area contributed by atoms with E-state index in [0.29, 0.717) is 5.84 Å². The maximum absolute atomic E-state index is 11.2. The zero-order valence-corrected chi connectivity index (χ0v) is 10.3. The Morgan fingerprint density at radius 2 is 2.05 bits per heavy atom. The van der Waals surface area contributed by atoms with Crippen LogP contribution in [0.4, 0.5) is 5.69 Å². The second-order valence-electron chi connectivity index (χ2n) is 4.59. The quantitative estimate of drug-likeness (QED) is 0.624. The lowest BCUT2D eigenvalue weighted by molar-refractivity contribution is 0.0697. The number of benzene rings is 1. The van der Waals surface area contributed by atoms with Crippen molar-refractivity contribution in [3.05, 3.63) is 29.3 Å². The Kier molecular flexibility index (Phi) is 2.96. The average molecular weight is 261 g/mol. The van der Waals surface area contributed by atoms with Crippen molar-refractivity contribution in [3.63, 3.8) is 0 Å². The molecule has 2 aliphatic rings. The molecule has 0 saturated carbocycles. The summed E-state index contributed by atoms with van der Waals surface area (Å²) in [6.45, 7) is 1.94. The van der Waals surface area contributed by atoms with Gasteiger partial charge in [0.2, 0.25) is 0 Å². The van der Waals surface area contributed by atoms with E-state index in [2.05, 4.69) is 26.5 Å². The molecular formula is C12H15N5O2. The summed E-state index contributed by atoms with van der Waals surface area (Å²) in [5.74, 6) is -0.342. The molecule has 1 aromatic carbocycles. The number of amidine groups is 1. The SMILES string of the molecule is O=C(O)c1cc(C2=NNNN2)cc(N2CCCC2)c1. The van der Waals surface area contributed by atoms with Gasteiger partial charge in [-0.2, -0.15) is 0 Å². The highest BCUT2D eigenvalue weighted by atomic mass is 16.4. The van der Waals surface area contributed by atoms with E-state index in [1.807, 2.05) is 6.07 Å². The zero-order chi connectivity index (χ0) is 13.2. The Labute approximate surface area is 110 Å². The van der Waals surface area contributed by atoms with Crippen molar-refractivity contribution in [2.24, 2.45) is 5.10 Å². The molecule has 7 nitrogen and oxygen atoms in total. The smallest absolute Gasteiger partial charge is 0.335 e. The minimum Gasteiger partial charge on any atom is -0.478 e. The van der Waals surface area contributed by atoms with E-state index in [1.165, 1.54) is 0 Å². The van der Waals surface area contributed by atoms with Crippen molar-refractivity contribution in [1.82, 2.24) is 16.5 Å². The minimum atomic E-state index is -0.929. The van der Waals surface area contributed by atoms with E-state index in [-0.39, 0.29) is 5.56 Å². The molecule has 0 unspecified atom stereocenters. The minimum absolute atomic E-state index is 0.274. The first kappa shape index (κ1) is 11.8. The Morgan fingerprint density at radius 1 is 1.26 bits per heavy atom. The summed E-state index contributed by atoms with van der Waals surface area (Å²) in [6, 6.07) is 5.29. The van der Waals surface area contributed by atoms with Crippen LogP contribution < -0.4 is 21.4 Å². The molecule has 4 N–H and O–H groups in total. The molecule has 100 valence electrons. The van der Waals surface area contributed by atoms with Crippen LogP contribution in [0.5, 0.6) is 0 Å². The molecule has 0 aromatic heterocycles. The van der Waals surface area contributed by atoms with Crippen LogP contribution in [0.2, 0.25) is 0 Å². The van der Waals surface area contributed by atoms with Gasteiger partial charge in [0.05, 0.1) is 5.56 Å². The van der Waals surface area contributed by atoms with Gasteiger partial charge in [-0.25, -0.2) is 10.3 Å². The summed E-state index contributed by atoms with van der Waals surface area (Å²) in [6.07, 6.45) is 2.30. The van der Waals surface area contributed by atoms with Crippen molar-refractivity contribution in [1.29, 1.82) is 0 Å². The van der Waals surface area contributed by atoms with Crippen LogP contribution in [0.25, 0.3) is 0 Å². The highest BCUT2D eigenvalue weighted by molar-refractivity contribution is 6.02. The molecule has 0 spiro atoms. The summed E-state index contributed by atoms with van der Waals surface area (Å²) in [7, 11) is 0. The van der Waals surface area contributed by atoms with Gasteiger partial charge in [0, 0.05) is 24.3 Å². The second kappa shape index (κ2) is 4.77. The number of hydrazone groups is 1. The molecule has 0 atom stereocenters. The molecule has 1 fully saturated rings. The van der Waals surface area contributed by atoms with E-state index in [0.717, 1.165) is 37.2 Å². The van der Waals surface area contributed by atoms with Crippen molar-refractivity contribution in [2.45, 2.75) is 12.8 Å². The number of carboxylic acids is 1. The molecular weight excluding hydrogens is 246 g/mol. The van der Waals surface area contributed by atoms with Gasteiger partial charge in [-0.15, -0.1) is 10.6 Å². The average Bonchev–Trinajstić information content (AvgIpc) is 3.11. The van der Waals surface area contributed by atoms with Gasteiger partial charge in [-0.05, 0) is 31.0 Å². The van der Waals surface area contributed by atoms with Crippen LogP contribution >= 0.6 is 0 Å². The van der Waals surface area contributed by atoms with Gasteiger partial charge in [0.15, 0.2) is 5.84 Å². The Bertz CT molecular complexity index is 537. The summed E-state index contributed by atoms with van der Waals surface area (Å²) >= 11 is 0. The van der Waals surface area contributed by atoms with E-state index in [1.54, 1.807) is 12.1 Å². The Balaban J connectivity index is 2.01. The van der Waals surface area contributed by atoms with Gasteiger partial charge < -0.3 is 10.0 Å².